The van der Waals surface area contributed by atoms with Crippen molar-refractivity contribution in [1.82, 2.24) is 5.32 Å². The van der Waals surface area contributed by atoms with Crippen molar-refractivity contribution in [3.8, 4) is 0 Å². The normalized spacial score (nSPS) is 15.2. The van der Waals surface area contributed by atoms with Gasteiger partial charge < -0.3 is 10.2 Å². The molecule has 0 radical (unpaired) electrons. The van der Waals surface area contributed by atoms with Crippen molar-refractivity contribution >= 4 is 17.5 Å². The molecule has 1 atom stereocenters. The summed E-state index contributed by atoms with van der Waals surface area (Å²) in [5, 5.41) is 3.06. The lowest BCUT2D eigenvalue weighted by Gasteiger charge is -2.17. The van der Waals surface area contributed by atoms with E-state index in [4.69, 9.17) is 0 Å². The largest absolute Gasteiger partial charge is 0.349 e. The summed E-state index contributed by atoms with van der Waals surface area (Å²) in [7, 11) is 0. The van der Waals surface area contributed by atoms with E-state index in [1.807, 2.05) is 36.1 Å². The van der Waals surface area contributed by atoms with E-state index in [0.29, 0.717) is 12.8 Å². The summed E-state index contributed by atoms with van der Waals surface area (Å²) in [4.78, 5) is 25.9. The summed E-state index contributed by atoms with van der Waals surface area (Å²) in [6.45, 7) is 4.92. The first-order valence-corrected chi connectivity index (χ1v) is 9.34. The average Bonchev–Trinajstić information content (AvgIpc) is 3.08. The van der Waals surface area contributed by atoms with Gasteiger partial charge in [0.1, 0.15) is 0 Å². The Morgan fingerprint density at radius 1 is 1.08 bits per heavy atom. The Morgan fingerprint density at radius 3 is 2.31 bits per heavy atom. The van der Waals surface area contributed by atoms with Crippen LogP contribution in [0.3, 0.4) is 0 Å². The average molecular weight is 350 g/mol. The molecular formula is C22H26N2O2. The molecule has 2 aromatic rings. The lowest BCUT2D eigenvalue weighted by molar-refractivity contribution is -0.121. The highest BCUT2D eigenvalue weighted by atomic mass is 16.2. The molecule has 1 aliphatic rings. The molecule has 1 heterocycles. The van der Waals surface area contributed by atoms with Crippen LogP contribution in [0.5, 0.6) is 0 Å². The van der Waals surface area contributed by atoms with Gasteiger partial charge in [0.05, 0.1) is 12.5 Å². The first-order valence-electron chi connectivity index (χ1n) is 9.34. The van der Waals surface area contributed by atoms with Gasteiger partial charge in [-0.15, -0.1) is 0 Å². The zero-order valence-electron chi connectivity index (χ0n) is 15.5. The number of carbonyl (C=O) groups excluding carboxylic acids is 2. The van der Waals surface area contributed by atoms with E-state index in [-0.39, 0.29) is 17.9 Å². The number of nitrogens with one attached hydrogen (secondary N) is 1. The van der Waals surface area contributed by atoms with Crippen LogP contribution in [0.1, 0.15) is 49.4 Å². The Hall–Kier alpha value is -2.62. The van der Waals surface area contributed by atoms with E-state index < -0.39 is 0 Å². The molecule has 4 heteroatoms. The van der Waals surface area contributed by atoms with Crippen LogP contribution in [-0.2, 0) is 22.4 Å². The predicted octanol–water partition coefficient (Wildman–Crippen LogP) is 3.80. The van der Waals surface area contributed by atoms with Gasteiger partial charge in [-0.25, -0.2) is 0 Å². The van der Waals surface area contributed by atoms with E-state index >= 15 is 0 Å². The van der Waals surface area contributed by atoms with Crippen LogP contribution in [0.2, 0.25) is 0 Å². The molecule has 1 saturated heterocycles. The van der Waals surface area contributed by atoms with Crippen molar-refractivity contribution in [2.45, 2.75) is 45.6 Å². The van der Waals surface area contributed by atoms with E-state index in [1.54, 1.807) is 0 Å². The van der Waals surface area contributed by atoms with Gasteiger partial charge in [-0.1, -0.05) is 43.3 Å². The molecule has 1 N–H and O–H groups in total. The summed E-state index contributed by atoms with van der Waals surface area (Å²) in [5.41, 5.74) is 4.27. The van der Waals surface area contributed by atoms with Crippen LogP contribution in [0.25, 0.3) is 0 Å². The van der Waals surface area contributed by atoms with Crippen molar-refractivity contribution < 1.29 is 9.59 Å². The maximum absolute atomic E-state index is 12.3. The molecule has 1 fully saturated rings. The summed E-state index contributed by atoms with van der Waals surface area (Å²) in [6, 6.07) is 16.1. The minimum atomic E-state index is -0.0186. The molecule has 3 rings (SSSR count). The van der Waals surface area contributed by atoms with Crippen LogP contribution in [-0.4, -0.2) is 18.4 Å². The Balaban J connectivity index is 1.56. The zero-order chi connectivity index (χ0) is 18.5. The number of aryl methyl sites for hydroxylation is 1. The number of amides is 2. The maximum atomic E-state index is 12.3. The van der Waals surface area contributed by atoms with Crippen molar-refractivity contribution in [2.24, 2.45) is 0 Å². The minimum absolute atomic E-state index is 0.00191. The number of anilines is 1. The highest BCUT2D eigenvalue weighted by Gasteiger charge is 2.21. The summed E-state index contributed by atoms with van der Waals surface area (Å²) in [5.74, 6) is 0.181. The molecule has 0 aromatic heterocycles. The van der Waals surface area contributed by atoms with Crippen molar-refractivity contribution in [2.75, 3.05) is 11.4 Å². The van der Waals surface area contributed by atoms with E-state index in [1.165, 1.54) is 5.56 Å². The lowest BCUT2D eigenvalue weighted by Crippen LogP contribution is -2.28. The third-order valence-electron chi connectivity index (χ3n) is 4.95. The van der Waals surface area contributed by atoms with Crippen LogP contribution in [0, 0.1) is 0 Å². The maximum Gasteiger partial charge on any atom is 0.227 e. The van der Waals surface area contributed by atoms with Crippen molar-refractivity contribution in [3.63, 3.8) is 0 Å². The van der Waals surface area contributed by atoms with Crippen LogP contribution >= 0.6 is 0 Å². The second-order valence-corrected chi connectivity index (χ2v) is 6.88. The van der Waals surface area contributed by atoms with Crippen molar-refractivity contribution in [3.05, 3.63) is 65.2 Å². The van der Waals surface area contributed by atoms with Gasteiger partial charge in [-0.3, -0.25) is 9.59 Å². The van der Waals surface area contributed by atoms with Gasteiger partial charge in [-0.2, -0.15) is 0 Å². The van der Waals surface area contributed by atoms with Gasteiger partial charge in [0.15, 0.2) is 0 Å². The fourth-order valence-corrected chi connectivity index (χ4v) is 3.32. The minimum Gasteiger partial charge on any atom is -0.349 e. The molecule has 1 unspecified atom stereocenters. The van der Waals surface area contributed by atoms with E-state index in [2.05, 4.69) is 36.5 Å². The third-order valence-corrected chi connectivity index (χ3v) is 4.95. The summed E-state index contributed by atoms with van der Waals surface area (Å²) in [6.07, 6.45) is 2.90. The first kappa shape index (κ1) is 18.2. The Kier molecular flexibility index (Phi) is 5.71. The molecule has 136 valence electrons. The molecule has 0 saturated carbocycles. The summed E-state index contributed by atoms with van der Waals surface area (Å²) >= 11 is 0. The molecule has 1 aliphatic heterocycles. The number of hydrogen-bond donors (Lipinski definition) is 1. The second-order valence-electron chi connectivity index (χ2n) is 6.88. The van der Waals surface area contributed by atoms with E-state index in [9.17, 15) is 9.59 Å². The molecule has 0 bridgehead atoms. The van der Waals surface area contributed by atoms with Gasteiger partial charge in [-0.05, 0) is 48.6 Å². The Bertz CT molecular complexity index is 766. The number of carbonyl (C=O) groups is 2. The van der Waals surface area contributed by atoms with Gasteiger partial charge in [0.2, 0.25) is 11.8 Å². The molecule has 0 spiro atoms. The van der Waals surface area contributed by atoms with Crippen LogP contribution < -0.4 is 10.2 Å². The number of benzene rings is 2. The smallest absolute Gasteiger partial charge is 0.227 e. The SMILES string of the molecule is CCc1ccc(C(C)NC(=O)Cc2ccc(N3CCCC3=O)cc2)cc1. The Labute approximate surface area is 155 Å². The monoisotopic (exact) mass is 350 g/mol. The van der Waals surface area contributed by atoms with Gasteiger partial charge in [0, 0.05) is 18.7 Å². The molecule has 4 nitrogen and oxygen atoms in total. The number of rotatable bonds is 6. The molecule has 2 aromatic carbocycles. The van der Waals surface area contributed by atoms with E-state index in [0.717, 1.165) is 36.2 Å². The van der Waals surface area contributed by atoms with Crippen LogP contribution in [0.4, 0.5) is 5.69 Å². The van der Waals surface area contributed by atoms with Crippen LogP contribution in [0.15, 0.2) is 48.5 Å². The topological polar surface area (TPSA) is 49.4 Å². The number of hydrogen-bond acceptors (Lipinski definition) is 2. The highest BCUT2D eigenvalue weighted by Crippen LogP contribution is 2.22. The molecular weight excluding hydrogens is 324 g/mol. The van der Waals surface area contributed by atoms with Gasteiger partial charge in [0.25, 0.3) is 0 Å². The molecule has 26 heavy (non-hydrogen) atoms. The predicted molar refractivity (Wildman–Crippen MR) is 104 cm³/mol. The fraction of sp³-hybridized carbons (Fsp3) is 0.364. The quantitative estimate of drug-likeness (QED) is 0.861. The molecule has 0 aliphatic carbocycles. The molecule has 2 amide bonds. The second kappa shape index (κ2) is 8.17. The lowest BCUT2D eigenvalue weighted by atomic mass is 10.0. The Morgan fingerprint density at radius 2 is 1.73 bits per heavy atom. The van der Waals surface area contributed by atoms with Gasteiger partial charge >= 0.3 is 0 Å². The summed E-state index contributed by atoms with van der Waals surface area (Å²) < 4.78 is 0. The zero-order valence-corrected chi connectivity index (χ0v) is 15.5. The fourth-order valence-electron chi connectivity index (χ4n) is 3.32. The highest BCUT2D eigenvalue weighted by molar-refractivity contribution is 5.95. The van der Waals surface area contributed by atoms with Crippen molar-refractivity contribution in [1.29, 1.82) is 0 Å². The standard InChI is InChI=1S/C22H26N2O2/c1-3-17-6-10-19(11-7-17)16(2)23-21(25)15-18-8-12-20(13-9-18)24-14-4-5-22(24)26/h6-13,16H,3-5,14-15H2,1-2H3,(H,23,25). The first-order chi connectivity index (χ1) is 12.6. The third kappa shape index (κ3) is 4.31. The number of nitrogens with zero attached hydrogens (tertiary/aromatic N) is 1.